The Balaban J connectivity index is 1.85. The Kier molecular flexibility index (Phi) is 5.11. The number of nitrogens with one attached hydrogen (secondary N) is 1. The predicted octanol–water partition coefficient (Wildman–Crippen LogP) is 6.63. The van der Waals surface area contributed by atoms with E-state index in [1.165, 1.54) is 18.2 Å². The molecule has 0 unspecified atom stereocenters. The van der Waals surface area contributed by atoms with Crippen LogP contribution >= 0.6 is 27.5 Å². The van der Waals surface area contributed by atoms with Gasteiger partial charge in [0.25, 0.3) is 5.91 Å². The van der Waals surface area contributed by atoms with Crippen molar-refractivity contribution in [3.8, 4) is 11.3 Å². The summed E-state index contributed by atoms with van der Waals surface area (Å²) in [6, 6.07) is 13.2. The topological polar surface area (TPSA) is 42.2 Å². The van der Waals surface area contributed by atoms with Gasteiger partial charge in [-0.05, 0) is 48.5 Å². The average Bonchev–Trinajstić information content (AvgIpc) is 3.04. The lowest BCUT2D eigenvalue weighted by atomic mass is 10.1. The summed E-state index contributed by atoms with van der Waals surface area (Å²) in [4.78, 5) is 12.2. The summed E-state index contributed by atoms with van der Waals surface area (Å²) in [5.41, 5.74) is -0.246. The monoisotopic (exact) mass is 443 g/mol. The predicted molar refractivity (Wildman–Crippen MR) is 96.3 cm³/mol. The number of hydrogen-bond donors (Lipinski definition) is 1. The van der Waals surface area contributed by atoms with Crippen molar-refractivity contribution >= 4 is 39.1 Å². The third kappa shape index (κ3) is 4.11. The lowest BCUT2D eigenvalue weighted by molar-refractivity contribution is -0.137. The highest BCUT2D eigenvalue weighted by molar-refractivity contribution is 9.10. The standard InChI is InChI=1S/C18H10BrClF3NO2/c19-11-2-1-3-12(9-11)24-17(25)16-7-6-15(26-16)10-4-5-14(20)13(8-10)18(21,22)23/h1-9H,(H,24,25). The zero-order chi connectivity index (χ0) is 18.9. The lowest BCUT2D eigenvalue weighted by Crippen LogP contribution is -2.10. The number of hydrogen-bond acceptors (Lipinski definition) is 2. The molecule has 2 aromatic carbocycles. The number of benzene rings is 2. The molecule has 0 saturated heterocycles. The van der Waals surface area contributed by atoms with Gasteiger partial charge in [0.2, 0.25) is 0 Å². The van der Waals surface area contributed by atoms with Crippen LogP contribution in [0.15, 0.2) is 63.5 Å². The number of halogens is 5. The molecule has 1 amide bonds. The second kappa shape index (κ2) is 7.17. The molecular formula is C18H10BrClF3NO2. The molecule has 1 aromatic heterocycles. The van der Waals surface area contributed by atoms with Crippen LogP contribution in [0.4, 0.5) is 18.9 Å². The van der Waals surface area contributed by atoms with Crippen molar-refractivity contribution in [3.63, 3.8) is 0 Å². The minimum Gasteiger partial charge on any atom is -0.451 e. The van der Waals surface area contributed by atoms with Crippen LogP contribution in [0.3, 0.4) is 0 Å². The Morgan fingerprint density at radius 2 is 1.85 bits per heavy atom. The van der Waals surface area contributed by atoms with E-state index in [1.54, 1.807) is 24.3 Å². The zero-order valence-corrected chi connectivity index (χ0v) is 15.2. The van der Waals surface area contributed by atoms with Crippen LogP contribution in [0.2, 0.25) is 5.02 Å². The van der Waals surface area contributed by atoms with Crippen molar-refractivity contribution in [2.45, 2.75) is 6.18 Å². The van der Waals surface area contributed by atoms with Gasteiger partial charge in [0, 0.05) is 15.7 Å². The largest absolute Gasteiger partial charge is 0.451 e. The van der Waals surface area contributed by atoms with E-state index in [0.717, 1.165) is 16.6 Å². The van der Waals surface area contributed by atoms with E-state index in [9.17, 15) is 18.0 Å². The molecule has 26 heavy (non-hydrogen) atoms. The Bertz CT molecular complexity index is 969. The van der Waals surface area contributed by atoms with Gasteiger partial charge in [-0.2, -0.15) is 13.2 Å². The number of rotatable bonds is 3. The second-order valence-corrected chi connectivity index (χ2v) is 6.64. The second-order valence-electron chi connectivity index (χ2n) is 5.32. The Morgan fingerprint density at radius 1 is 1.08 bits per heavy atom. The van der Waals surface area contributed by atoms with E-state index >= 15 is 0 Å². The molecule has 3 aromatic rings. The van der Waals surface area contributed by atoms with Crippen LogP contribution in [0, 0.1) is 0 Å². The highest BCUT2D eigenvalue weighted by Crippen LogP contribution is 2.37. The van der Waals surface area contributed by atoms with Gasteiger partial charge in [-0.1, -0.05) is 33.6 Å². The van der Waals surface area contributed by atoms with Crippen molar-refractivity contribution in [1.29, 1.82) is 0 Å². The summed E-state index contributed by atoms with van der Waals surface area (Å²) in [7, 11) is 0. The summed E-state index contributed by atoms with van der Waals surface area (Å²) >= 11 is 8.90. The molecule has 0 aliphatic carbocycles. The first kappa shape index (κ1) is 18.5. The SMILES string of the molecule is O=C(Nc1cccc(Br)c1)c1ccc(-c2ccc(Cl)c(C(F)(F)F)c2)o1. The molecule has 8 heteroatoms. The average molecular weight is 445 g/mol. The fraction of sp³-hybridized carbons (Fsp3) is 0.0556. The number of amides is 1. The molecule has 0 aliphatic rings. The van der Waals surface area contributed by atoms with E-state index in [0.29, 0.717) is 5.69 Å². The number of anilines is 1. The van der Waals surface area contributed by atoms with Gasteiger partial charge in [0.1, 0.15) is 5.76 Å². The molecule has 1 N–H and O–H groups in total. The quantitative estimate of drug-likeness (QED) is 0.492. The lowest BCUT2D eigenvalue weighted by Gasteiger charge is -2.10. The summed E-state index contributed by atoms with van der Waals surface area (Å²) in [5.74, 6) is -0.408. The smallest absolute Gasteiger partial charge is 0.417 e. The van der Waals surface area contributed by atoms with Crippen molar-refractivity contribution in [1.82, 2.24) is 0 Å². The summed E-state index contributed by atoms with van der Waals surface area (Å²) in [6.45, 7) is 0. The fourth-order valence-corrected chi connectivity index (χ4v) is 2.89. The third-order valence-corrected chi connectivity index (χ3v) is 4.29. The van der Waals surface area contributed by atoms with Gasteiger partial charge in [0.05, 0.1) is 10.6 Å². The van der Waals surface area contributed by atoms with Crippen LogP contribution in [-0.2, 0) is 6.18 Å². The molecule has 0 aliphatic heterocycles. The fourth-order valence-electron chi connectivity index (χ4n) is 2.27. The van der Waals surface area contributed by atoms with Gasteiger partial charge in [-0.15, -0.1) is 0 Å². The maximum Gasteiger partial charge on any atom is 0.417 e. The van der Waals surface area contributed by atoms with Crippen LogP contribution in [-0.4, -0.2) is 5.91 Å². The van der Waals surface area contributed by atoms with Crippen molar-refractivity contribution in [2.24, 2.45) is 0 Å². The summed E-state index contributed by atoms with van der Waals surface area (Å²) < 4.78 is 45.1. The van der Waals surface area contributed by atoms with Crippen LogP contribution in [0.25, 0.3) is 11.3 Å². The van der Waals surface area contributed by atoms with Crippen molar-refractivity contribution < 1.29 is 22.4 Å². The molecule has 0 atom stereocenters. The van der Waals surface area contributed by atoms with E-state index in [4.69, 9.17) is 16.0 Å². The minimum atomic E-state index is -4.58. The highest BCUT2D eigenvalue weighted by atomic mass is 79.9. The van der Waals surface area contributed by atoms with E-state index in [-0.39, 0.29) is 17.1 Å². The third-order valence-electron chi connectivity index (χ3n) is 3.47. The molecule has 3 rings (SSSR count). The molecule has 0 radical (unpaired) electrons. The highest BCUT2D eigenvalue weighted by Gasteiger charge is 2.33. The van der Waals surface area contributed by atoms with Crippen molar-refractivity contribution in [2.75, 3.05) is 5.32 Å². The first-order valence-corrected chi connectivity index (χ1v) is 8.45. The normalized spacial score (nSPS) is 11.4. The molecule has 134 valence electrons. The van der Waals surface area contributed by atoms with Gasteiger partial charge < -0.3 is 9.73 Å². The Hall–Kier alpha value is -2.25. The maximum absolute atomic E-state index is 13.0. The van der Waals surface area contributed by atoms with Gasteiger partial charge in [-0.3, -0.25) is 4.79 Å². The zero-order valence-electron chi connectivity index (χ0n) is 12.9. The van der Waals surface area contributed by atoms with Gasteiger partial charge in [-0.25, -0.2) is 0 Å². The first-order valence-electron chi connectivity index (χ1n) is 7.28. The maximum atomic E-state index is 13.0. The van der Waals surface area contributed by atoms with Gasteiger partial charge >= 0.3 is 6.18 Å². The number of alkyl halides is 3. The molecular weight excluding hydrogens is 435 g/mol. The van der Waals surface area contributed by atoms with Crippen molar-refractivity contribution in [3.05, 3.63) is 75.4 Å². The van der Waals surface area contributed by atoms with E-state index < -0.39 is 22.7 Å². The minimum absolute atomic E-state index is 0.0246. The van der Waals surface area contributed by atoms with Gasteiger partial charge in [0.15, 0.2) is 5.76 Å². The van der Waals surface area contributed by atoms with Crippen LogP contribution in [0.1, 0.15) is 16.1 Å². The first-order chi connectivity index (χ1) is 12.2. The molecule has 0 bridgehead atoms. The number of furan rings is 1. The number of carbonyl (C=O) groups is 1. The Labute approximate surface area is 159 Å². The summed E-state index contributed by atoms with van der Waals surface area (Å²) in [5, 5.41) is 2.24. The molecule has 3 nitrogen and oxygen atoms in total. The van der Waals surface area contributed by atoms with E-state index in [2.05, 4.69) is 21.2 Å². The number of carbonyl (C=O) groups excluding carboxylic acids is 1. The molecule has 0 saturated carbocycles. The molecule has 1 heterocycles. The Morgan fingerprint density at radius 3 is 2.54 bits per heavy atom. The summed E-state index contributed by atoms with van der Waals surface area (Å²) in [6.07, 6.45) is -4.58. The molecule has 0 fully saturated rings. The van der Waals surface area contributed by atoms with Crippen LogP contribution in [0.5, 0.6) is 0 Å². The molecule has 0 spiro atoms. The van der Waals surface area contributed by atoms with Crippen LogP contribution < -0.4 is 5.32 Å². The van der Waals surface area contributed by atoms with E-state index in [1.807, 2.05) is 0 Å².